The molecule has 3 nitrogen and oxygen atoms in total. The summed E-state index contributed by atoms with van der Waals surface area (Å²) in [5.41, 5.74) is 6.85. The first-order chi connectivity index (χ1) is 5.92. The zero-order valence-corrected chi connectivity index (χ0v) is 7.24. The van der Waals surface area contributed by atoms with Gasteiger partial charge < -0.3 is 5.73 Å². The van der Waals surface area contributed by atoms with Crippen LogP contribution in [-0.2, 0) is 6.54 Å². The highest BCUT2D eigenvalue weighted by Gasteiger charge is 2.26. The molecule has 1 saturated carbocycles. The van der Waals surface area contributed by atoms with Crippen molar-refractivity contribution in [2.75, 3.05) is 6.54 Å². The predicted molar refractivity (Wildman–Crippen MR) is 47.9 cm³/mol. The first-order valence-corrected chi connectivity index (χ1v) is 4.63. The predicted octanol–water partition coefficient (Wildman–Crippen LogP) is 1.11. The molecule has 1 aliphatic rings. The summed E-state index contributed by atoms with van der Waals surface area (Å²) >= 11 is 0. The fourth-order valence-electron chi connectivity index (χ4n) is 1.50. The molecule has 1 fully saturated rings. The lowest BCUT2D eigenvalue weighted by atomic mass is 10.3. The first kappa shape index (κ1) is 7.80. The fourth-order valence-corrected chi connectivity index (χ4v) is 1.50. The molecule has 1 aliphatic carbocycles. The van der Waals surface area contributed by atoms with E-state index in [1.165, 1.54) is 18.5 Å². The van der Waals surface area contributed by atoms with Crippen molar-refractivity contribution in [1.29, 1.82) is 0 Å². The summed E-state index contributed by atoms with van der Waals surface area (Å²) < 4.78 is 2.10. The molecule has 2 rings (SSSR count). The third kappa shape index (κ3) is 1.50. The highest BCUT2D eigenvalue weighted by molar-refractivity contribution is 5.13. The van der Waals surface area contributed by atoms with Crippen molar-refractivity contribution in [3.05, 3.63) is 18.0 Å². The van der Waals surface area contributed by atoms with Gasteiger partial charge in [0.25, 0.3) is 0 Å². The Morgan fingerprint density at radius 1 is 1.58 bits per heavy atom. The molecule has 1 aromatic heterocycles. The van der Waals surface area contributed by atoms with E-state index in [1.54, 1.807) is 0 Å². The first-order valence-electron chi connectivity index (χ1n) is 4.63. The molecular weight excluding hydrogens is 150 g/mol. The average Bonchev–Trinajstić information content (AvgIpc) is 2.83. The lowest BCUT2D eigenvalue weighted by Crippen LogP contribution is -2.09. The maximum absolute atomic E-state index is 5.45. The van der Waals surface area contributed by atoms with E-state index >= 15 is 0 Å². The van der Waals surface area contributed by atoms with Crippen LogP contribution in [0.25, 0.3) is 0 Å². The van der Waals surface area contributed by atoms with Crippen molar-refractivity contribution in [2.24, 2.45) is 5.73 Å². The summed E-state index contributed by atoms with van der Waals surface area (Å²) in [5.74, 6) is 0.797. The fraction of sp³-hybridized carbons (Fsp3) is 0.667. The Kier molecular flexibility index (Phi) is 2.13. The lowest BCUT2D eigenvalue weighted by Gasteiger charge is -2.04. The quantitative estimate of drug-likeness (QED) is 0.726. The van der Waals surface area contributed by atoms with Gasteiger partial charge in [-0.15, -0.1) is 0 Å². The van der Waals surface area contributed by atoms with E-state index in [0.717, 1.165) is 25.4 Å². The van der Waals surface area contributed by atoms with Crippen molar-refractivity contribution in [3.8, 4) is 0 Å². The summed E-state index contributed by atoms with van der Waals surface area (Å²) in [7, 11) is 0. The standard InChI is InChI=1S/C9H15N3/c10-5-1-7-12-9(4-6-11-12)8-2-3-8/h4,6,8H,1-3,5,7,10H2. The van der Waals surface area contributed by atoms with E-state index in [2.05, 4.69) is 15.8 Å². The summed E-state index contributed by atoms with van der Waals surface area (Å²) in [6.45, 7) is 1.74. The van der Waals surface area contributed by atoms with Crippen LogP contribution in [0.3, 0.4) is 0 Å². The third-order valence-electron chi connectivity index (χ3n) is 2.32. The van der Waals surface area contributed by atoms with Crippen LogP contribution in [-0.4, -0.2) is 16.3 Å². The molecule has 0 spiro atoms. The van der Waals surface area contributed by atoms with Crippen molar-refractivity contribution in [1.82, 2.24) is 9.78 Å². The summed E-state index contributed by atoms with van der Waals surface area (Å²) in [6.07, 6.45) is 5.61. The van der Waals surface area contributed by atoms with Gasteiger partial charge in [0.2, 0.25) is 0 Å². The molecule has 2 N–H and O–H groups in total. The molecule has 0 aliphatic heterocycles. The zero-order valence-electron chi connectivity index (χ0n) is 7.24. The van der Waals surface area contributed by atoms with Crippen LogP contribution in [0.4, 0.5) is 0 Å². The minimum absolute atomic E-state index is 0.754. The maximum atomic E-state index is 5.45. The lowest BCUT2D eigenvalue weighted by molar-refractivity contribution is 0.560. The van der Waals surface area contributed by atoms with Gasteiger partial charge in [-0.1, -0.05) is 0 Å². The van der Waals surface area contributed by atoms with E-state index in [1.807, 2.05) is 6.20 Å². The number of aromatic nitrogens is 2. The van der Waals surface area contributed by atoms with E-state index in [9.17, 15) is 0 Å². The average molecular weight is 165 g/mol. The molecule has 1 aromatic rings. The molecule has 0 radical (unpaired) electrons. The van der Waals surface area contributed by atoms with Gasteiger partial charge in [0.1, 0.15) is 0 Å². The largest absolute Gasteiger partial charge is 0.330 e. The topological polar surface area (TPSA) is 43.8 Å². The number of aryl methyl sites for hydroxylation is 1. The molecule has 0 aromatic carbocycles. The van der Waals surface area contributed by atoms with Crippen molar-refractivity contribution in [3.63, 3.8) is 0 Å². The second-order valence-corrected chi connectivity index (χ2v) is 3.40. The van der Waals surface area contributed by atoms with Crippen LogP contribution < -0.4 is 5.73 Å². The number of nitrogens with two attached hydrogens (primary N) is 1. The SMILES string of the molecule is NCCCn1nccc1C1CC1. The Morgan fingerprint density at radius 2 is 2.42 bits per heavy atom. The number of rotatable bonds is 4. The van der Waals surface area contributed by atoms with Crippen molar-refractivity contribution in [2.45, 2.75) is 31.7 Å². The minimum atomic E-state index is 0.754. The van der Waals surface area contributed by atoms with Crippen LogP contribution in [0.2, 0.25) is 0 Å². The van der Waals surface area contributed by atoms with Gasteiger partial charge in [-0.3, -0.25) is 4.68 Å². The van der Waals surface area contributed by atoms with E-state index in [0.29, 0.717) is 0 Å². The van der Waals surface area contributed by atoms with Crippen molar-refractivity contribution < 1.29 is 0 Å². The van der Waals surface area contributed by atoms with Gasteiger partial charge >= 0.3 is 0 Å². The summed E-state index contributed by atoms with van der Waals surface area (Å²) in [4.78, 5) is 0. The zero-order chi connectivity index (χ0) is 8.39. The Morgan fingerprint density at radius 3 is 3.08 bits per heavy atom. The van der Waals surface area contributed by atoms with E-state index in [4.69, 9.17) is 5.73 Å². The molecule has 66 valence electrons. The van der Waals surface area contributed by atoms with Gasteiger partial charge in [0.15, 0.2) is 0 Å². The van der Waals surface area contributed by atoms with Crippen LogP contribution in [0.1, 0.15) is 30.9 Å². The number of hydrogen-bond donors (Lipinski definition) is 1. The summed E-state index contributed by atoms with van der Waals surface area (Å²) in [5, 5.41) is 4.28. The van der Waals surface area contributed by atoms with E-state index in [-0.39, 0.29) is 0 Å². The number of nitrogens with zero attached hydrogens (tertiary/aromatic N) is 2. The van der Waals surface area contributed by atoms with Gasteiger partial charge in [0.05, 0.1) is 0 Å². The molecule has 0 bridgehead atoms. The second kappa shape index (κ2) is 3.27. The Labute approximate surface area is 72.6 Å². The highest BCUT2D eigenvalue weighted by atomic mass is 15.3. The summed E-state index contributed by atoms with van der Waals surface area (Å²) in [6, 6.07) is 2.13. The molecule has 0 unspecified atom stereocenters. The van der Waals surface area contributed by atoms with E-state index < -0.39 is 0 Å². The molecule has 0 amide bonds. The minimum Gasteiger partial charge on any atom is -0.330 e. The Bertz CT molecular complexity index is 250. The number of hydrogen-bond acceptors (Lipinski definition) is 2. The second-order valence-electron chi connectivity index (χ2n) is 3.40. The molecule has 0 atom stereocenters. The van der Waals surface area contributed by atoms with Crippen LogP contribution in [0, 0.1) is 0 Å². The smallest absolute Gasteiger partial charge is 0.0492 e. The highest BCUT2D eigenvalue weighted by Crippen LogP contribution is 2.39. The Balaban J connectivity index is 2.03. The molecule has 3 heteroatoms. The van der Waals surface area contributed by atoms with Gasteiger partial charge in [0, 0.05) is 24.4 Å². The molecule has 1 heterocycles. The molecular formula is C9H15N3. The van der Waals surface area contributed by atoms with Crippen LogP contribution >= 0.6 is 0 Å². The molecule has 12 heavy (non-hydrogen) atoms. The molecule has 0 saturated heterocycles. The van der Waals surface area contributed by atoms with Crippen LogP contribution in [0.15, 0.2) is 12.3 Å². The third-order valence-corrected chi connectivity index (χ3v) is 2.32. The van der Waals surface area contributed by atoms with Gasteiger partial charge in [-0.2, -0.15) is 5.10 Å². The normalized spacial score (nSPS) is 16.8. The maximum Gasteiger partial charge on any atom is 0.0492 e. The Hall–Kier alpha value is -0.830. The monoisotopic (exact) mass is 165 g/mol. The van der Waals surface area contributed by atoms with Gasteiger partial charge in [-0.05, 0) is 31.9 Å². The van der Waals surface area contributed by atoms with Crippen molar-refractivity contribution >= 4 is 0 Å². The van der Waals surface area contributed by atoms with Gasteiger partial charge in [-0.25, -0.2) is 0 Å². The van der Waals surface area contributed by atoms with Crippen LogP contribution in [0.5, 0.6) is 0 Å².